The number of rotatable bonds is 4. The van der Waals surface area contributed by atoms with Crippen molar-refractivity contribution in [3.8, 4) is 11.1 Å². The molecular formula is C24H26N2O3. The van der Waals surface area contributed by atoms with Crippen molar-refractivity contribution in [1.29, 1.82) is 0 Å². The first-order valence-electron chi connectivity index (χ1n) is 10.6. The Kier molecular flexibility index (Phi) is 4.63. The molecule has 5 nitrogen and oxygen atoms in total. The number of hydrogen-bond acceptors (Lipinski definition) is 3. The molecule has 2 aromatic rings. The van der Waals surface area contributed by atoms with Crippen molar-refractivity contribution in [2.75, 3.05) is 19.6 Å². The summed E-state index contributed by atoms with van der Waals surface area (Å²) in [6.45, 7) is 2.94. The van der Waals surface area contributed by atoms with Gasteiger partial charge in [0, 0.05) is 37.3 Å². The molecule has 5 rings (SSSR count). The quantitative estimate of drug-likeness (QED) is 0.865. The van der Waals surface area contributed by atoms with Crippen LogP contribution in [0.4, 0.5) is 0 Å². The van der Waals surface area contributed by atoms with Gasteiger partial charge in [-0.25, -0.2) is 4.79 Å². The van der Waals surface area contributed by atoms with E-state index in [-0.39, 0.29) is 11.5 Å². The lowest BCUT2D eigenvalue weighted by atomic mass is 9.92. The largest absolute Gasteiger partial charge is 0.478 e. The topological polar surface area (TPSA) is 60.9 Å². The fourth-order valence-corrected chi connectivity index (χ4v) is 4.95. The van der Waals surface area contributed by atoms with E-state index in [1.54, 1.807) is 12.1 Å². The molecule has 1 atom stereocenters. The highest BCUT2D eigenvalue weighted by atomic mass is 16.4. The van der Waals surface area contributed by atoms with E-state index >= 15 is 0 Å². The normalized spacial score (nSPS) is 22.4. The van der Waals surface area contributed by atoms with Crippen LogP contribution in [0.2, 0.25) is 0 Å². The van der Waals surface area contributed by atoms with Gasteiger partial charge in [-0.3, -0.25) is 9.69 Å². The van der Waals surface area contributed by atoms with Crippen molar-refractivity contribution in [1.82, 2.24) is 9.80 Å². The second kappa shape index (κ2) is 7.30. The SMILES string of the molecule is O=C(O)c1ccc(-c2ccc3c(c2)CCN(C2CCN(C4CCC4)C2)C3=O)cc1. The van der Waals surface area contributed by atoms with Gasteiger partial charge in [0.15, 0.2) is 0 Å². The lowest BCUT2D eigenvalue weighted by Gasteiger charge is -2.37. The molecule has 150 valence electrons. The monoisotopic (exact) mass is 390 g/mol. The summed E-state index contributed by atoms with van der Waals surface area (Å²) in [4.78, 5) is 28.9. The predicted octanol–water partition coefficient (Wildman–Crippen LogP) is 3.68. The Balaban J connectivity index is 1.33. The van der Waals surface area contributed by atoms with Crippen molar-refractivity contribution < 1.29 is 14.7 Å². The van der Waals surface area contributed by atoms with Crippen LogP contribution >= 0.6 is 0 Å². The minimum absolute atomic E-state index is 0.166. The lowest BCUT2D eigenvalue weighted by Crippen LogP contribution is -2.47. The number of carboxylic acids is 1. The molecule has 1 unspecified atom stereocenters. The Labute approximate surface area is 170 Å². The summed E-state index contributed by atoms with van der Waals surface area (Å²) in [5.74, 6) is -0.755. The maximum absolute atomic E-state index is 13.2. The summed E-state index contributed by atoms with van der Waals surface area (Å²) in [7, 11) is 0. The smallest absolute Gasteiger partial charge is 0.335 e. The van der Waals surface area contributed by atoms with Gasteiger partial charge >= 0.3 is 5.97 Å². The molecule has 2 fully saturated rings. The Morgan fingerprint density at radius 3 is 2.38 bits per heavy atom. The Morgan fingerprint density at radius 2 is 1.69 bits per heavy atom. The van der Waals surface area contributed by atoms with Crippen LogP contribution in [0.1, 0.15) is 52.0 Å². The molecule has 29 heavy (non-hydrogen) atoms. The molecule has 0 radical (unpaired) electrons. The van der Waals surface area contributed by atoms with Gasteiger partial charge in [0.1, 0.15) is 0 Å². The lowest BCUT2D eigenvalue weighted by molar-refractivity contribution is 0.0645. The van der Waals surface area contributed by atoms with E-state index in [1.807, 2.05) is 24.3 Å². The molecule has 0 spiro atoms. The maximum atomic E-state index is 13.2. The molecule has 2 heterocycles. The standard InChI is InChI=1S/C24H26N2O3/c27-23-22-9-8-18(16-4-6-17(7-5-16)24(28)29)14-19(22)10-13-26(23)21-11-12-25(15-21)20-2-1-3-20/h4-9,14,20-21H,1-3,10-13,15H2,(H,28,29). The van der Waals surface area contributed by atoms with Gasteiger partial charge in [0.25, 0.3) is 5.91 Å². The molecule has 2 aromatic carbocycles. The first-order valence-corrected chi connectivity index (χ1v) is 10.6. The molecule has 0 bridgehead atoms. The molecule has 1 N–H and O–H groups in total. The molecule has 5 heteroatoms. The summed E-state index contributed by atoms with van der Waals surface area (Å²) in [5.41, 5.74) is 4.20. The van der Waals surface area contributed by atoms with Gasteiger partial charge in [-0.05, 0) is 60.6 Å². The number of carbonyl (C=O) groups excluding carboxylic acids is 1. The Hall–Kier alpha value is -2.66. The van der Waals surface area contributed by atoms with Gasteiger partial charge in [-0.1, -0.05) is 30.7 Å². The van der Waals surface area contributed by atoms with Crippen molar-refractivity contribution in [3.05, 3.63) is 59.2 Å². The van der Waals surface area contributed by atoms with Crippen LogP contribution in [-0.4, -0.2) is 58.5 Å². The van der Waals surface area contributed by atoms with E-state index in [0.29, 0.717) is 6.04 Å². The van der Waals surface area contributed by atoms with Crippen LogP contribution in [0.25, 0.3) is 11.1 Å². The van der Waals surface area contributed by atoms with E-state index in [0.717, 1.165) is 60.8 Å². The number of likely N-dealkylation sites (tertiary alicyclic amines) is 1. The second-order valence-corrected chi connectivity index (χ2v) is 8.53. The maximum Gasteiger partial charge on any atom is 0.335 e. The number of fused-ring (bicyclic) bond motifs is 1. The van der Waals surface area contributed by atoms with Crippen LogP contribution in [0.3, 0.4) is 0 Å². The van der Waals surface area contributed by atoms with Crippen molar-refractivity contribution >= 4 is 11.9 Å². The molecule has 1 saturated carbocycles. The minimum atomic E-state index is -0.921. The Bertz CT molecular complexity index is 949. The zero-order valence-corrected chi connectivity index (χ0v) is 16.5. The predicted molar refractivity (Wildman–Crippen MR) is 111 cm³/mol. The molecule has 2 aliphatic heterocycles. The van der Waals surface area contributed by atoms with Crippen LogP contribution in [0.5, 0.6) is 0 Å². The third-order valence-corrected chi connectivity index (χ3v) is 6.91. The number of amides is 1. The van der Waals surface area contributed by atoms with E-state index in [1.165, 1.54) is 19.3 Å². The fourth-order valence-electron chi connectivity index (χ4n) is 4.95. The number of nitrogens with zero attached hydrogens (tertiary/aromatic N) is 2. The van der Waals surface area contributed by atoms with E-state index < -0.39 is 5.97 Å². The molecular weight excluding hydrogens is 364 g/mol. The molecule has 1 aliphatic carbocycles. The fraction of sp³-hybridized carbons (Fsp3) is 0.417. The second-order valence-electron chi connectivity index (χ2n) is 8.53. The average molecular weight is 390 g/mol. The number of aromatic carboxylic acids is 1. The van der Waals surface area contributed by atoms with Crippen LogP contribution in [0.15, 0.2) is 42.5 Å². The first kappa shape index (κ1) is 18.4. The third kappa shape index (κ3) is 3.33. The van der Waals surface area contributed by atoms with Gasteiger partial charge in [-0.15, -0.1) is 0 Å². The van der Waals surface area contributed by atoms with Crippen LogP contribution in [-0.2, 0) is 6.42 Å². The van der Waals surface area contributed by atoms with E-state index in [9.17, 15) is 9.59 Å². The van der Waals surface area contributed by atoms with Gasteiger partial charge in [0.2, 0.25) is 0 Å². The minimum Gasteiger partial charge on any atom is -0.478 e. The highest BCUT2D eigenvalue weighted by Crippen LogP contribution is 2.32. The molecule has 1 amide bonds. The zero-order valence-electron chi connectivity index (χ0n) is 16.5. The first-order chi connectivity index (χ1) is 14.1. The summed E-state index contributed by atoms with van der Waals surface area (Å²) in [6.07, 6.45) is 5.95. The van der Waals surface area contributed by atoms with E-state index in [2.05, 4.69) is 15.9 Å². The molecule has 0 aromatic heterocycles. The van der Waals surface area contributed by atoms with Crippen molar-refractivity contribution in [2.45, 2.75) is 44.2 Å². The van der Waals surface area contributed by atoms with E-state index in [4.69, 9.17) is 5.11 Å². The Morgan fingerprint density at radius 1 is 0.931 bits per heavy atom. The van der Waals surface area contributed by atoms with Crippen molar-refractivity contribution in [2.24, 2.45) is 0 Å². The number of hydrogen-bond donors (Lipinski definition) is 1. The summed E-state index contributed by atoms with van der Waals surface area (Å²) in [6, 6.07) is 14.0. The van der Waals surface area contributed by atoms with Gasteiger partial charge in [-0.2, -0.15) is 0 Å². The van der Waals surface area contributed by atoms with Crippen molar-refractivity contribution in [3.63, 3.8) is 0 Å². The number of carbonyl (C=O) groups is 2. The van der Waals surface area contributed by atoms with Gasteiger partial charge < -0.3 is 10.0 Å². The summed E-state index contributed by atoms with van der Waals surface area (Å²) in [5, 5.41) is 9.07. The highest BCUT2D eigenvalue weighted by molar-refractivity contribution is 5.97. The molecule has 3 aliphatic rings. The van der Waals surface area contributed by atoms with Gasteiger partial charge in [0.05, 0.1) is 5.56 Å². The summed E-state index contributed by atoms with van der Waals surface area (Å²) < 4.78 is 0. The third-order valence-electron chi connectivity index (χ3n) is 6.91. The highest BCUT2D eigenvalue weighted by Gasteiger charge is 2.37. The average Bonchev–Trinajstić information content (AvgIpc) is 3.16. The van der Waals surface area contributed by atoms with Crippen LogP contribution < -0.4 is 0 Å². The zero-order chi connectivity index (χ0) is 20.0. The molecule has 1 saturated heterocycles. The number of benzene rings is 2. The number of carboxylic acid groups (broad SMARTS) is 1. The summed E-state index contributed by atoms with van der Waals surface area (Å²) >= 11 is 0. The van der Waals surface area contributed by atoms with Crippen LogP contribution in [0, 0.1) is 0 Å².